The lowest BCUT2D eigenvalue weighted by atomic mass is 9.95. The van der Waals surface area contributed by atoms with E-state index in [0.717, 1.165) is 47.3 Å². The lowest BCUT2D eigenvalue weighted by Gasteiger charge is -2.21. The number of nitrogens with zero attached hydrogens (tertiary/aromatic N) is 3. The van der Waals surface area contributed by atoms with Crippen molar-refractivity contribution in [2.24, 2.45) is 0 Å². The van der Waals surface area contributed by atoms with Crippen molar-refractivity contribution in [3.8, 4) is 0 Å². The number of nitrogens with one attached hydrogen (secondary N) is 2. The summed E-state index contributed by atoms with van der Waals surface area (Å²) >= 11 is 1.37. The van der Waals surface area contributed by atoms with Crippen LogP contribution in [0.15, 0.2) is 59.5 Å². The Morgan fingerprint density at radius 2 is 1.85 bits per heavy atom. The second-order valence-electron chi connectivity index (χ2n) is 10.3. The maximum Gasteiger partial charge on any atom is 0.341 e. The van der Waals surface area contributed by atoms with Gasteiger partial charge < -0.3 is 14.6 Å². The quantitative estimate of drug-likeness (QED) is 0.228. The molecule has 208 valence electrons. The minimum atomic E-state index is -0.580. The Bertz CT molecular complexity index is 1970. The molecular formula is C31H29N5O4S. The third-order valence-electron chi connectivity index (χ3n) is 7.78. The molecule has 1 amide bonds. The number of methoxy groups -OCH3 is 1. The lowest BCUT2D eigenvalue weighted by Crippen LogP contribution is -2.34. The summed E-state index contributed by atoms with van der Waals surface area (Å²) in [6.45, 7) is 3.79. The normalized spacial score (nSPS) is 13.6. The van der Waals surface area contributed by atoms with Crippen LogP contribution in [0, 0.1) is 12.3 Å². The van der Waals surface area contributed by atoms with Crippen molar-refractivity contribution in [2.45, 2.75) is 45.6 Å². The van der Waals surface area contributed by atoms with E-state index in [1.54, 1.807) is 16.8 Å². The second-order valence-corrected chi connectivity index (χ2v) is 11.4. The van der Waals surface area contributed by atoms with E-state index in [1.807, 2.05) is 50.2 Å². The fourth-order valence-corrected chi connectivity index (χ4v) is 6.90. The molecule has 4 heterocycles. The summed E-state index contributed by atoms with van der Waals surface area (Å²) in [4.78, 5) is 46.3. The lowest BCUT2D eigenvalue weighted by molar-refractivity contribution is 0.0601. The van der Waals surface area contributed by atoms with Crippen LogP contribution in [-0.4, -0.2) is 32.9 Å². The molecule has 1 unspecified atom stereocenters. The Balaban J connectivity index is 1.57. The highest BCUT2D eigenvalue weighted by molar-refractivity contribution is 7.17. The van der Waals surface area contributed by atoms with Crippen molar-refractivity contribution in [3.05, 3.63) is 103 Å². The molecule has 41 heavy (non-hydrogen) atoms. The standard InChI is InChI=1S/C31H29N5O4S/c1-17-10-9-15-35-26(17)33-27-22(30(35)38)16-21(25(32)36(27)18(2)19-11-5-4-6-12-19)28(37)34-29-24(31(39)40-3)20-13-7-8-14-23(20)41-29/h4-6,9-12,15-16,18,32H,7-8,13-14H2,1-3H3,(H,34,37). The van der Waals surface area contributed by atoms with Gasteiger partial charge in [0.05, 0.1) is 29.7 Å². The van der Waals surface area contributed by atoms with Gasteiger partial charge in [-0.25, -0.2) is 9.78 Å². The zero-order valence-corrected chi connectivity index (χ0v) is 23.8. The first-order valence-corrected chi connectivity index (χ1v) is 14.3. The predicted octanol–water partition coefficient (Wildman–Crippen LogP) is 5.03. The summed E-state index contributed by atoms with van der Waals surface area (Å²) in [7, 11) is 1.33. The van der Waals surface area contributed by atoms with Gasteiger partial charge in [-0.1, -0.05) is 36.4 Å². The van der Waals surface area contributed by atoms with Crippen LogP contribution < -0.4 is 16.4 Å². The average molecular weight is 568 g/mol. The number of aryl methyl sites for hydroxylation is 2. The van der Waals surface area contributed by atoms with Crippen molar-refractivity contribution < 1.29 is 14.3 Å². The van der Waals surface area contributed by atoms with Gasteiger partial charge in [0.2, 0.25) is 0 Å². The molecule has 0 spiro atoms. The van der Waals surface area contributed by atoms with Crippen molar-refractivity contribution in [3.63, 3.8) is 0 Å². The number of benzene rings is 1. The van der Waals surface area contributed by atoms with E-state index in [4.69, 9.17) is 9.72 Å². The highest BCUT2D eigenvalue weighted by Crippen LogP contribution is 2.38. The Morgan fingerprint density at radius 3 is 2.61 bits per heavy atom. The number of aromatic nitrogens is 3. The number of rotatable bonds is 5. The van der Waals surface area contributed by atoms with E-state index < -0.39 is 17.9 Å². The molecular weight excluding hydrogens is 538 g/mol. The highest BCUT2D eigenvalue weighted by Gasteiger charge is 2.28. The molecule has 0 radical (unpaired) electrons. The summed E-state index contributed by atoms with van der Waals surface area (Å²) < 4.78 is 8.15. The molecule has 2 N–H and O–H groups in total. The minimum absolute atomic E-state index is 0.00831. The zero-order valence-electron chi connectivity index (χ0n) is 23.0. The Morgan fingerprint density at radius 1 is 1.10 bits per heavy atom. The summed E-state index contributed by atoms with van der Waals surface area (Å²) in [5, 5.41) is 12.7. The van der Waals surface area contributed by atoms with E-state index in [9.17, 15) is 19.8 Å². The highest BCUT2D eigenvalue weighted by atomic mass is 32.1. The third-order valence-corrected chi connectivity index (χ3v) is 8.99. The van der Waals surface area contributed by atoms with Crippen LogP contribution in [-0.2, 0) is 17.6 Å². The summed E-state index contributed by atoms with van der Waals surface area (Å²) in [5.41, 5.74) is 3.41. The maximum atomic E-state index is 13.9. The van der Waals surface area contributed by atoms with Crippen LogP contribution in [0.1, 0.15) is 68.1 Å². The molecule has 0 bridgehead atoms. The number of anilines is 1. The topological polar surface area (TPSA) is 119 Å². The molecule has 9 nitrogen and oxygen atoms in total. The summed E-state index contributed by atoms with van der Waals surface area (Å²) in [6.07, 6.45) is 5.21. The Hall–Kier alpha value is -4.57. The van der Waals surface area contributed by atoms with E-state index >= 15 is 0 Å². The summed E-state index contributed by atoms with van der Waals surface area (Å²) in [5.74, 6) is -1.08. The van der Waals surface area contributed by atoms with Gasteiger partial charge >= 0.3 is 5.97 Å². The van der Waals surface area contributed by atoms with E-state index in [-0.39, 0.29) is 22.0 Å². The van der Waals surface area contributed by atoms with Crippen LogP contribution in [0.3, 0.4) is 0 Å². The van der Waals surface area contributed by atoms with Crippen LogP contribution in [0.25, 0.3) is 16.7 Å². The number of ether oxygens (including phenoxy) is 1. The molecule has 0 aliphatic heterocycles. The fraction of sp³-hybridized carbons (Fsp3) is 0.258. The van der Waals surface area contributed by atoms with Crippen LogP contribution in [0.2, 0.25) is 0 Å². The molecule has 1 atom stereocenters. The molecule has 1 aliphatic carbocycles. The minimum Gasteiger partial charge on any atom is -0.465 e. The van der Waals surface area contributed by atoms with Gasteiger partial charge in [0.15, 0.2) is 0 Å². The molecule has 0 fully saturated rings. The van der Waals surface area contributed by atoms with Crippen molar-refractivity contribution in [2.75, 3.05) is 12.4 Å². The molecule has 10 heteroatoms. The molecule has 1 aromatic carbocycles. The van der Waals surface area contributed by atoms with Crippen LogP contribution >= 0.6 is 11.3 Å². The number of carbonyl (C=O) groups is 2. The smallest absolute Gasteiger partial charge is 0.341 e. The Labute approximate surface area is 239 Å². The number of hydrogen-bond donors (Lipinski definition) is 2. The van der Waals surface area contributed by atoms with Gasteiger partial charge in [0, 0.05) is 11.1 Å². The molecule has 0 saturated carbocycles. The van der Waals surface area contributed by atoms with Crippen LogP contribution in [0.5, 0.6) is 0 Å². The predicted molar refractivity (Wildman–Crippen MR) is 158 cm³/mol. The first kappa shape index (κ1) is 26.6. The van der Waals surface area contributed by atoms with Gasteiger partial charge in [-0.15, -0.1) is 11.3 Å². The number of esters is 1. The number of hydrogen-bond acceptors (Lipinski definition) is 7. The summed E-state index contributed by atoms with van der Waals surface area (Å²) in [6, 6.07) is 14.3. The average Bonchev–Trinajstić information content (AvgIpc) is 3.35. The SMILES string of the molecule is COC(=O)c1c(NC(=O)c2cc3c(=O)n4cccc(C)c4nc3n(C(C)c3ccccc3)c2=N)sc2c1CCCC2. The number of fused-ring (bicyclic) bond motifs is 3. The molecule has 0 saturated heterocycles. The first-order valence-electron chi connectivity index (χ1n) is 13.5. The number of carbonyl (C=O) groups excluding carboxylic acids is 2. The van der Waals surface area contributed by atoms with Gasteiger partial charge in [0.1, 0.15) is 21.8 Å². The van der Waals surface area contributed by atoms with Crippen molar-refractivity contribution in [1.29, 1.82) is 5.41 Å². The fourth-order valence-electron chi connectivity index (χ4n) is 5.63. The van der Waals surface area contributed by atoms with Gasteiger partial charge in [0.25, 0.3) is 11.5 Å². The molecule has 1 aliphatic rings. The first-order chi connectivity index (χ1) is 19.8. The second kappa shape index (κ2) is 10.4. The van der Waals surface area contributed by atoms with E-state index in [0.29, 0.717) is 21.9 Å². The number of thiophene rings is 1. The van der Waals surface area contributed by atoms with Gasteiger partial charge in [-0.3, -0.25) is 19.4 Å². The molecule has 4 aromatic heterocycles. The molecule has 6 rings (SSSR count). The molecule has 5 aromatic rings. The van der Waals surface area contributed by atoms with E-state index in [1.165, 1.54) is 28.9 Å². The Kier molecular flexibility index (Phi) is 6.78. The van der Waals surface area contributed by atoms with Gasteiger partial charge in [-0.2, -0.15) is 0 Å². The monoisotopic (exact) mass is 567 g/mol. The van der Waals surface area contributed by atoms with E-state index in [2.05, 4.69) is 5.32 Å². The largest absolute Gasteiger partial charge is 0.465 e. The van der Waals surface area contributed by atoms with Crippen molar-refractivity contribution in [1.82, 2.24) is 14.0 Å². The number of pyridine rings is 2. The van der Waals surface area contributed by atoms with Crippen molar-refractivity contribution >= 4 is 44.9 Å². The van der Waals surface area contributed by atoms with Gasteiger partial charge in [-0.05, 0) is 68.4 Å². The number of amides is 1. The third kappa shape index (κ3) is 4.44. The zero-order chi connectivity index (χ0) is 28.8. The van der Waals surface area contributed by atoms with Crippen LogP contribution in [0.4, 0.5) is 5.00 Å². The maximum absolute atomic E-state index is 13.9.